The van der Waals surface area contributed by atoms with Crippen LogP contribution in [0.5, 0.6) is 0 Å². The Morgan fingerprint density at radius 1 is 1.33 bits per heavy atom. The van der Waals surface area contributed by atoms with Gasteiger partial charge in [-0.3, -0.25) is 14.2 Å². The largest absolute Gasteiger partial charge is 0.291 e. The van der Waals surface area contributed by atoms with Gasteiger partial charge in [-0.1, -0.05) is 36.9 Å². The van der Waals surface area contributed by atoms with E-state index in [0.29, 0.717) is 28.7 Å². The Balaban J connectivity index is 1.95. The van der Waals surface area contributed by atoms with Gasteiger partial charge in [-0.25, -0.2) is 4.39 Å². The number of thioether (sulfide) groups is 1. The molecule has 0 amide bonds. The van der Waals surface area contributed by atoms with Crippen molar-refractivity contribution < 1.29 is 4.39 Å². The molecule has 0 aliphatic heterocycles. The van der Waals surface area contributed by atoms with Crippen LogP contribution in [0.4, 0.5) is 4.39 Å². The quantitative estimate of drug-likeness (QED) is 0.752. The number of aromatic nitrogens is 4. The smallest absolute Gasteiger partial charge is 0.252 e. The number of hydrogen-bond acceptors (Lipinski definition) is 4. The number of benzene rings is 1. The fourth-order valence-electron chi connectivity index (χ4n) is 2.08. The second kappa shape index (κ2) is 5.69. The van der Waals surface area contributed by atoms with E-state index in [2.05, 4.69) is 15.2 Å². The van der Waals surface area contributed by atoms with Crippen molar-refractivity contribution in [1.82, 2.24) is 19.6 Å². The Bertz CT molecular complexity index is 842. The number of rotatable bonds is 4. The van der Waals surface area contributed by atoms with E-state index < -0.39 is 0 Å². The van der Waals surface area contributed by atoms with Gasteiger partial charge in [-0.15, -0.1) is 10.2 Å². The number of halogens is 1. The molecule has 2 heterocycles. The number of nitrogens with zero attached hydrogens (tertiary/aromatic N) is 3. The maximum atomic E-state index is 13.6. The molecule has 0 saturated carbocycles. The van der Waals surface area contributed by atoms with Crippen LogP contribution in [0.15, 0.2) is 40.3 Å². The van der Waals surface area contributed by atoms with Gasteiger partial charge < -0.3 is 0 Å². The van der Waals surface area contributed by atoms with Crippen molar-refractivity contribution in [3.8, 4) is 0 Å². The molecular formula is C14H13FN4OS. The second-order valence-corrected chi connectivity index (χ2v) is 5.44. The number of aromatic amines is 1. The molecule has 0 aliphatic carbocycles. The normalized spacial score (nSPS) is 11.1. The standard InChI is InChI=1S/C14H13FN4OS/c1-2-10-7-12(20)16-13-17-18-14(19(10)13)21-8-9-5-3-4-6-11(9)15/h3-7H,2,8H2,1H3,(H,16,17,20). The van der Waals surface area contributed by atoms with Crippen molar-refractivity contribution in [2.75, 3.05) is 0 Å². The van der Waals surface area contributed by atoms with Gasteiger partial charge in [0.15, 0.2) is 5.16 Å². The van der Waals surface area contributed by atoms with E-state index in [1.54, 1.807) is 22.6 Å². The van der Waals surface area contributed by atoms with E-state index in [0.717, 1.165) is 5.69 Å². The molecule has 0 aliphatic rings. The molecule has 21 heavy (non-hydrogen) atoms. The van der Waals surface area contributed by atoms with E-state index in [-0.39, 0.29) is 11.4 Å². The zero-order chi connectivity index (χ0) is 14.8. The Hall–Kier alpha value is -2.15. The van der Waals surface area contributed by atoms with Crippen LogP contribution in [0.25, 0.3) is 5.78 Å². The molecule has 0 fully saturated rings. The Morgan fingerprint density at radius 3 is 2.90 bits per heavy atom. The van der Waals surface area contributed by atoms with Crippen LogP contribution in [-0.2, 0) is 12.2 Å². The second-order valence-electron chi connectivity index (χ2n) is 4.50. The molecule has 0 unspecified atom stereocenters. The summed E-state index contributed by atoms with van der Waals surface area (Å²) in [4.78, 5) is 14.1. The van der Waals surface area contributed by atoms with Crippen molar-refractivity contribution in [3.63, 3.8) is 0 Å². The summed E-state index contributed by atoms with van der Waals surface area (Å²) in [5.74, 6) is 0.633. The number of fused-ring (bicyclic) bond motifs is 1. The number of aryl methyl sites for hydroxylation is 1. The minimum Gasteiger partial charge on any atom is -0.291 e. The zero-order valence-corrected chi connectivity index (χ0v) is 12.2. The summed E-state index contributed by atoms with van der Waals surface area (Å²) in [6.07, 6.45) is 0.686. The number of hydrogen-bond donors (Lipinski definition) is 1. The highest BCUT2D eigenvalue weighted by molar-refractivity contribution is 7.98. The first-order valence-corrected chi connectivity index (χ1v) is 7.51. The SMILES string of the molecule is CCc1cc(=O)[nH]c2nnc(SCc3ccccc3F)n12. The molecule has 5 nitrogen and oxygen atoms in total. The molecule has 7 heteroatoms. The van der Waals surface area contributed by atoms with Crippen LogP contribution in [0.3, 0.4) is 0 Å². The van der Waals surface area contributed by atoms with E-state index in [9.17, 15) is 9.18 Å². The van der Waals surface area contributed by atoms with Crippen molar-refractivity contribution in [1.29, 1.82) is 0 Å². The van der Waals surface area contributed by atoms with Crippen LogP contribution in [-0.4, -0.2) is 19.6 Å². The van der Waals surface area contributed by atoms with Crippen molar-refractivity contribution in [3.05, 3.63) is 57.8 Å². The lowest BCUT2D eigenvalue weighted by atomic mass is 10.2. The van der Waals surface area contributed by atoms with Crippen molar-refractivity contribution >= 4 is 17.5 Å². The topological polar surface area (TPSA) is 63.0 Å². The summed E-state index contributed by atoms with van der Waals surface area (Å²) in [5, 5.41) is 8.68. The summed E-state index contributed by atoms with van der Waals surface area (Å²) in [6.45, 7) is 1.96. The first-order chi connectivity index (χ1) is 10.2. The lowest BCUT2D eigenvalue weighted by Crippen LogP contribution is -2.11. The lowest BCUT2D eigenvalue weighted by Gasteiger charge is -2.05. The number of nitrogens with one attached hydrogen (secondary N) is 1. The Labute approximate surface area is 124 Å². The summed E-state index contributed by atoms with van der Waals surface area (Å²) in [7, 11) is 0. The molecule has 108 valence electrons. The van der Waals surface area contributed by atoms with Crippen LogP contribution in [0, 0.1) is 5.82 Å². The first kappa shape index (κ1) is 13.8. The molecular weight excluding hydrogens is 291 g/mol. The van der Waals surface area contributed by atoms with Gasteiger partial charge in [-0.2, -0.15) is 0 Å². The van der Waals surface area contributed by atoms with Gasteiger partial charge in [-0.05, 0) is 18.1 Å². The maximum absolute atomic E-state index is 13.6. The summed E-state index contributed by atoms with van der Waals surface area (Å²) in [6, 6.07) is 8.18. The molecule has 3 aromatic rings. The third-order valence-electron chi connectivity index (χ3n) is 3.13. The highest BCUT2D eigenvalue weighted by atomic mass is 32.2. The van der Waals surface area contributed by atoms with Crippen LogP contribution < -0.4 is 5.56 Å². The molecule has 1 N–H and O–H groups in total. The van der Waals surface area contributed by atoms with Gasteiger partial charge in [0.05, 0.1) is 0 Å². The molecule has 0 radical (unpaired) electrons. The van der Waals surface area contributed by atoms with E-state index in [4.69, 9.17) is 0 Å². The van der Waals surface area contributed by atoms with Crippen LogP contribution in [0.2, 0.25) is 0 Å². The van der Waals surface area contributed by atoms with E-state index in [1.165, 1.54) is 23.9 Å². The molecule has 2 aromatic heterocycles. The average Bonchev–Trinajstić information content (AvgIpc) is 2.88. The van der Waals surface area contributed by atoms with Gasteiger partial charge >= 0.3 is 0 Å². The maximum Gasteiger partial charge on any atom is 0.252 e. The summed E-state index contributed by atoms with van der Waals surface area (Å²) in [5.41, 5.74) is 1.24. The van der Waals surface area contributed by atoms with Crippen LogP contribution >= 0.6 is 11.8 Å². The lowest BCUT2D eigenvalue weighted by molar-refractivity contribution is 0.617. The predicted octanol–water partition coefficient (Wildman–Crippen LogP) is 2.41. The molecule has 0 spiro atoms. The highest BCUT2D eigenvalue weighted by Gasteiger charge is 2.12. The van der Waals surface area contributed by atoms with Crippen molar-refractivity contribution in [2.24, 2.45) is 0 Å². The monoisotopic (exact) mass is 304 g/mol. The van der Waals surface area contributed by atoms with E-state index >= 15 is 0 Å². The Kier molecular flexibility index (Phi) is 3.74. The van der Waals surface area contributed by atoms with Gasteiger partial charge in [0, 0.05) is 17.5 Å². The minimum absolute atomic E-state index is 0.197. The fourth-order valence-corrected chi connectivity index (χ4v) is 3.03. The Morgan fingerprint density at radius 2 is 2.14 bits per heavy atom. The molecule has 3 rings (SSSR count). The molecule has 0 bridgehead atoms. The van der Waals surface area contributed by atoms with Gasteiger partial charge in [0.2, 0.25) is 5.78 Å². The molecule has 0 saturated heterocycles. The van der Waals surface area contributed by atoms with Crippen LogP contribution in [0.1, 0.15) is 18.2 Å². The van der Waals surface area contributed by atoms with Crippen molar-refractivity contribution in [2.45, 2.75) is 24.3 Å². The molecule has 0 atom stereocenters. The highest BCUT2D eigenvalue weighted by Crippen LogP contribution is 2.23. The first-order valence-electron chi connectivity index (χ1n) is 6.52. The molecule has 1 aromatic carbocycles. The van der Waals surface area contributed by atoms with Gasteiger partial charge in [0.1, 0.15) is 5.82 Å². The number of H-pyrrole nitrogens is 1. The van der Waals surface area contributed by atoms with E-state index in [1.807, 2.05) is 6.92 Å². The third kappa shape index (κ3) is 2.69. The third-order valence-corrected chi connectivity index (χ3v) is 4.11. The fraction of sp³-hybridized carbons (Fsp3) is 0.214. The summed E-state index contributed by atoms with van der Waals surface area (Å²) >= 11 is 1.39. The average molecular weight is 304 g/mol. The predicted molar refractivity (Wildman–Crippen MR) is 78.9 cm³/mol. The summed E-state index contributed by atoms with van der Waals surface area (Å²) < 4.78 is 15.4. The van der Waals surface area contributed by atoms with Gasteiger partial charge in [0.25, 0.3) is 5.56 Å². The minimum atomic E-state index is -0.233. The zero-order valence-electron chi connectivity index (χ0n) is 11.3.